The summed E-state index contributed by atoms with van der Waals surface area (Å²) in [4.78, 5) is 24.5. The zero-order chi connectivity index (χ0) is 49.3. The predicted molar refractivity (Wildman–Crippen MR) is 296 cm³/mol. The maximum absolute atomic E-state index is 12.5. The number of hydrogen-bond acceptors (Lipinski definition) is 5. The van der Waals surface area contributed by atoms with Gasteiger partial charge in [0.2, 0.25) is 5.91 Å². The van der Waals surface area contributed by atoms with E-state index in [1.807, 2.05) is 6.08 Å². The lowest BCUT2D eigenvalue weighted by atomic mass is 10.0. The minimum atomic E-state index is -0.849. The van der Waals surface area contributed by atoms with Crippen LogP contribution < -0.4 is 5.32 Å². The van der Waals surface area contributed by atoms with Crippen LogP contribution in [0.15, 0.2) is 60.8 Å². The Labute approximate surface area is 422 Å². The zero-order valence-electron chi connectivity index (χ0n) is 45.1. The molecule has 6 nitrogen and oxygen atoms in total. The highest BCUT2D eigenvalue weighted by Gasteiger charge is 2.18. The summed E-state index contributed by atoms with van der Waals surface area (Å²) in [6.45, 7) is 4.73. The van der Waals surface area contributed by atoms with Gasteiger partial charge >= 0.3 is 5.97 Å². The summed E-state index contributed by atoms with van der Waals surface area (Å²) in [5, 5.41) is 23.1. The molecule has 0 fully saturated rings. The van der Waals surface area contributed by atoms with E-state index in [0.717, 1.165) is 64.2 Å². The van der Waals surface area contributed by atoms with E-state index in [1.165, 1.54) is 205 Å². The number of hydrogen-bond donors (Lipinski definition) is 3. The smallest absolute Gasteiger partial charge is 0.305 e. The van der Waals surface area contributed by atoms with E-state index in [0.29, 0.717) is 19.4 Å². The molecule has 0 heterocycles. The minimum absolute atomic E-state index is 0.0519. The third-order valence-corrected chi connectivity index (χ3v) is 13.3. The molecule has 3 N–H and O–H groups in total. The number of aliphatic hydroxyl groups excluding tert-OH is 2. The highest BCUT2D eigenvalue weighted by atomic mass is 16.5. The molecule has 0 radical (unpaired) electrons. The quantitative estimate of drug-likeness (QED) is 0.0321. The van der Waals surface area contributed by atoms with Crippen molar-refractivity contribution in [2.45, 2.75) is 309 Å². The number of ether oxygens (including phenoxy) is 1. The van der Waals surface area contributed by atoms with Crippen LogP contribution in [0.1, 0.15) is 296 Å². The summed E-state index contributed by atoms with van der Waals surface area (Å²) in [6.07, 6.45) is 74.0. The Kier molecular flexibility index (Phi) is 55.1. The van der Waals surface area contributed by atoms with Crippen LogP contribution in [-0.2, 0) is 14.3 Å². The van der Waals surface area contributed by atoms with Gasteiger partial charge in [0, 0.05) is 12.8 Å². The topological polar surface area (TPSA) is 95.9 Å². The van der Waals surface area contributed by atoms with Crippen LogP contribution in [-0.4, -0.2) is 47.4 Å². The second kappa shape index (κ2) is 57.1. The van der Waals surface area contributed by atoms with Gasteiger partial charge in [-0.2, -0.15) is 0 Å². The van der Waals surface area contributed by atoms with E-state index in [4.69, 9.17) is 4.74 Å². The molecule has 2 unspecified atom stereocenters. The summed E-state index contributed by atoms with van der Waals surface area (Å²) in [6, 6.07) is -0.633. The Morgan fingerprint density at radius 1 is 0.412 bits per heavy atom. The van der Waals surface area contributed by atoms with E-state index in [9.17, 15) is 19.8 Å². The fraction of sp³-hybridized carbons (Fsp3) is 0.806. The summed E-state index contributed by atoms with van der Waals surface area (Å²) >= 11 is 0. The largest absolute Gasteiger partial charge is 0.465 e. The number of nitrogens with one attached hydrogen (secondary N) is 1. The molecule has 2 atom stereocenters. The second-order valence-electron chi connectivity index (χ2n) is 20.0. The molecule has 6 heteroatoms. The lowest BCUT2D eigenvalue weighted by Crippen LogP contribution is -2.45. The summed E-state index contributed by atoms with van der Waals surface area (Å²) in [7, 11) is 0. The summed E-state index contributed by atoms with van der Waals surface area (Å²) in [5.74, 6) is -0.125. The summed E-state index contributed by atoms with van der Waals surface area (Å²) < 4.78 is 5.40. The molecule has 0 bridgehead atoms. The first-order valence-corrected chi connectivity index (χ1v) is 29.6. The van der Waals surface area contributed by atoms with Crippen LogP contribution in [0, 0.1) is 0 Å². The van der Waals surface area contributed by atoms with Crippen LogP contribution >= 0.6 is 0 Å². The third kappa shape index (κ3) is 52.9. The Morgan fingerprint density at radius 3 is 1.18 bits per heavy atom. The van der Waals surface area contributed by atoms with E-state index in [1.54, 1.807) is 6.08 Å². The molecule has 0 aromatic carbocycles. The first-order chi connectivity index (χ1) is 33.5. The van der Waals surface area contributed by atoms with Gasteiger partial charge in [0.25, 0.3) is 0 Å². The van der Waals surface area contributed by atoms with Crippen molar-refractivity contribution in [1.82, 2.24) is 5.32 Å². The molecule has 0 saturated carbocycles. The van der Waals surface area contributed by atoms with Crippen molar-refractivity contribution in [3.63, 3.8) is 0 Å². The first kappa shape index (κ1) is 65.6. The maximum atomic E-state index is 12.5. The molecular weight excluding hydrogens is 839 g/mol. The highest BCUT2D eigenvalue weighted by molar-refractivity contribution is 5.76. The number of unbranched alkanes of at least 4 members (excludes halogenated alkanes) is 35. The molecule has 0 aromatic rings. The van der Waals surface area contributed by atoms with Crippen molar-refractivity contribution in [3.8, 4) is 0 Å². The van der Waals surface area contributed by atoms with Gasteiger partial charge in [-0.15, -0.1) is 0 Å². The van der Waals surface area contributed by atoms with Crippen LogP contribution in [0.3, 0.4) is 0 Å². The number of rotatable bonds is 54. The monoisotopic (exact) mass is 952 g/mol. The molecular formula is C62H113NO5. The fourth-order valence-corrected chi connectivity index (χ4v) is 8.75. The van der Waals surface area contributed by atoms with Gasteiger partial charge in [-0.1, -0.05) is 267 Å². The Morgan fingerprint density at radius 2 is 0.765 bits per heavy atom. The standard InChI is InChI=1S/C62H113NO5/c1-3-5-7-9-11-13-15-17-18-24-27-31-34-38-42-46-50-54-60(65)59(58-64)63-61(66)55-51-47-43-39-35-32-28-25-22-20-19-21-23-26-29-33-37-41-45-49-53-57-68-62(67)56-52-48-44-40-36-30-16-14-12-10-8-6-4-2/h8,10,14,16,33,37,45,49-50,54,59-60,64-65H,3-7,9,11-13,15,17-32,34-36,38-44,46-48,51-53,55-58H2,1-2H3,(H,63,66)/b10-8-,16-14-,37-33-,49-45-,54-50+. The molecule has 0 spiro atoms. The SMILES string of the molecule is CCC/C=C\C/C=C\CCCCCCCC(=O)OCC/C=C\C/C=C\CCCCCCCCCCCCCCCCC(=O)NC(CO)C(O)/C=C/CCCCCCCCCCCCCCCCC. The van der Waals surface area contributed by atoms with Crippen molar-refractivity contribution in [2.24, 2.45) is 0 Å². The van der Waals surface area contributed by atoms with Crippen LogP contribution in [0.4, 0.5) is 0 Å². The van der Waals surface area contributed by atoms with E-state index < -0.39 is 12.1 Å². The van der Waals surface area contributed by atoms with Gasteiger partial charge in [0.15, 0.2) is 0 Å². The highest BCUT2D eigenvalue weighted by Crippen LogP contribution is 2.16. The lowest BCUT2D eigenvalue weighted by Gasteiger charge is -2.20. The van der Waals surface area contributed by atoms with Gasteiger partial charge in [-0.05, 0) is 77.0 Å². The number of aliphatic hydroxyl groups is 2. The maximum Gasteiger partial charge on any atom is 0.305 e. The Bertz CT molecular complexity index is 1190. The van der Waals surface area contributed by atoms with Crippen molar-refractivity contribution in [1.29, 1.82) is 0 Å². The van der Waals surface area contributed by atoms with Crippen LogP contribution in [0.25, 0.3) is 0 Å². The Hall–Kier alpha value is -2.44. The van der Waals surface area contributed by atoms with Crippen molar-refractivity contribution >= 4 is 11.9 Å². The number of carbonyl (C=O) groups excluding carboxylic acids is 2. The molecule has 68 heavy (non-hydrogen) atoms. The van der Waals surface area contributed by atoms with Crippen LogP contribution in [0.5, 0.6) is 0 Å². The van der Waals surface area contributed by atoms with Gasteiger partial charge in [-0.25, -0.2) is 0 Å². The number of amides is 1. The van der Waals surface area contributed by atoms with Gasteiger partial charge in [0.1, 0.15) is 0 Å². The molecule has 0 aromatic heterocycles. The molecule has 0 aliphatic rings. The van der Waals surface area contributed by atoms with Crippen molar-refractivity contribution in [3.05, 3.63) is 60.8 Å². The average Bonchev–Trinajstić information content (AvgIpc) is 3.34. The Balaban J connectivity index is 3.50. The molecule has 0 rings (SSSR count). The fourth-order valence-electron chi connectivity index (χ4n) is 8.75. The molecule has 0 aliphatic carbocycles. The van der Waals surface area contributed by atoms with E-state index in [2.05, 4.69) is 67.8 Å². The number of allylic oxidation sites excluding steroid dienone is 8. The lowest BCUT2D eigenvalue weighted by molar-refractivity contribution is -0.143. The van der Waals surface area contributed by atoms with Gasteiger partial charge < -0.3 is 20.3 Å². The second-order valence-corrected chi connectivity index (χ2v) is 20.0. The van der Waals surface area contributed by atoms with Crippen LogP contribution in [0.2, 0.25) is 0 Å². The van der Waals surface area contributed by atoms with Crippen molar-refractivity contribution in [2.75, 3.05) is 13.2 Å². The molecule has 0 saturated heterocycles. The molecule has 1 amide bonds. The number of esters is 1. The van der Waals surface area contributed by atoms with Crippen molar-refractivity contribution < 1.29 is 24.5 Å². The first-order valence-electron chi connectivity index (χ1n) is 29.6. The minimum Gasteiger partial charge on any atom is -0.465 e. The molecule has 396 valence electrons. The third-order valence-electron chi connectivity index (χ3n) is 13.3. The average molecular weight is 953 g/mol. The van der Waals surface area contributed by atoms with E-state index in [-0.39, 0.29) is 18.5 Å². The summed E-state index contributed by atoms with van der Waals surface area (Å²) in [5.41, 5.74) is 0. The normalized spacial score (nSPS) is 13.1. The molecule has 0 aliphatic heterocycles. The zero-order valence-corrected chi connectivity index (χ0v) is 45.1. The van der Waals surface area contributed by atoms with Gasteiger partial charge in [0.05, 0.1) is 25.4 Å². The number of carbonyl (C=O) groups is 2. The van der Waals surface area contributed by atoms with Gasteiger partial charge in [-0.3, -0.25) is 9.59 Å². The van der Waals surface area contributed by atoms with E-state index >= 15 is 0 Å². The predicted octanol–water partition coefficient (Wildman–Crippen LogP) is 18.4.